The number of benzene rings is 1. The summed E-state index contributed by atoms with van der Waals surface area (Å²) in [4.78, 5) is 26.0. The fraction of sp³-hybridized carbons (Fsp3) is 0.105. The Labute approximate surface area is 176 Å². The number of hydrogen-bond donors (Lipinski definition) is 0. The number of nitrogens with zero attached hydrogens (tertiary/aromatic N) is 5. The SMILES string of the molecule is Cc1nc2cc(C)c3nc(-c4cc(Br)nn4-c4ncccc4Cl)oc(=O)c3c2o1. The van der Waals surface area contributed by atoms with Crippen LogP contribution in [0.2, 0.25) is 5.02 Å². The van der Waals surface area contributed by atoms with Gasteiger partial charge in [0.15, 0.2) is 17.3 Å². The van der Waals surface area contributed by atoms with Crippen molar-refractivity contribution in [1.82, 2.24) is 24.7 Å². The van der Waals surface area contributed by atoms with E-state index in [0.29, 0.717) is 43.6 Å². The van der Waals surface area contributed by atoms with E-state index in [0.717, 1.165) is 5.56 Å². The van der Waals surface area contributed by atoms with Crippen LogP contribution in [0.5, 0.6) is 0 Å². The summed E-state index contributed by atoms with van der Waals surface area (Å²) in [5, 5.41) is 5.01. The molecule has 0 bridgehead atoms. The summed E-state index contributed by atoms with van der Waals surface area (Å²) >= 11 is 9.62. The maximum absolute atomic E-state index is 12.9. The van der Waals surface area contributed by atoms with Crippen LogP contribution in [0.15, 0.2) is 48.7 Å². The van der Waals surface area contributed by atoms with Crippen LogP contribution >= 0.6 is 27.5 Å². The molecule has 0 radical (unpaired) electrons. The lowest BCUT2D eigenvalue weighted by Crippen LogP contribution is -2.08. The highest BCUT2D eigenvalue weighted by atomic mass is 79.9. The van der Waals surface area contributed by atoms with Crippen LogP contribution in [0.1, 0.15) is 11.5 Å². The quantitative estimate of drug-likeness (QED) is 0.370. The summed E-state index contributed by atoms with van der Waals surface area (Å²) in [6, 6.07) is 6.91. The number of aryl methyl sites for hydroxylation is 2. The van der Waals surface area contributed by atoms with Crippen molar-refractivity contribution in [1.29, 1.82) is 0 Å². The molecule has 0 atom stereocenters. The van der Waals surface area contributed by atoms with E-state index < -0.39 is 5.63 Å². The molecule has 1 aromatic carbocycles. The van der Waals surface area contributed by atoms with Gasteiger partial charge in [-0.3, -0.25) is 0 Å². The third kappa shape index (κ3) is 2.85. The van der Waals surface area contributed by atoms with Gasteiger partial charge in [0.2, 0.25) is 5.89 Å². The Morgan fingerprint density at radius 2 is 2.00 bits per heavy atom. The Hall–Kier alpha value is -3.04. The van der Waals surface area contributed by atoms with E-state index in [1.807, 2.05) is 13.0 Å². The number of hydrogen-bond acceptors (Lipinski definition) is 7. The third-order valence-electron chi connectivity index (χ3n) is 4.40. The molecule has 5 aromatic rings. The van der Waals surface area contributed by atoms with Gasteiger partial charge >= 0.3 is 5.63 Å². The predicted molar refractivity (Wildman–Crippen MR) is 110 cm³/mol. The van der Waals surface area contributed by atoms with Gasteiger partial charge < -0.3 is 8.83 Å². The topological polar surface area (TPSA) is 99.8 Å². The number of rotatable bonds is 2. The van der Waals surface area contributed by atoms with E-state index >= 15 is 0 Å². The Kier molecular flexibility index (Phi) is 4.04. The summed E-state index contributed by atoms with van der Waals surface area (Å²) in [6.45, 7) is 3.57. The maximum Gasteiger partial charge on any atom is 0.351 e. The molecule has 0 aliphatic rings. The molecule has 4 aromatic heterocycles. The lowest BCUT2D eigenvalue weighted by atomic mass is 10.1. The minimum atomic E-state index is -0.578. The molecule has 0 unspecified atom stereocenters. The van der Waals surface area contributed by atoms with Crippen molar-refractivity contribution in [3.05, 3.63) is 62.0 Å². The predicted octanol–water partition coefficient (Wildman–Crippen LogP) is 4.61. The molecule has 0 fully saturated rings. The largest absolute Gasteiger partial charge is 0.440 e. The second-order valence-corrected chi connectivity index (χ2v) is 7.60. The Morgan fingerprint density at radius 3 is 2.79 bits per heavy atom. The molecule has 8 nitrogen and oxygen atoms in total. The van der Waals surface area contributed by atoms with E-state index in [9.17, 15) is 4.79 Å². The molecular weight excluding hydrogens is 462 g/mol. The fourth-order valence-corrected chi connectivity index (χ4v) is 3.78. The van der Waals surface area contributed by atoms with Crippen LogP contribution in [0.25, 0.3) is 39.4 Å². The molecule has 0 N–H and O–H groups in total. The van der Waals surface area contributed by atoms with Gasteiger partial charge in [0.05, 0.1) is 10.5 Å². The average Bonchev–Trinajstić information content (AvgIpc) is 3.24. The maximum atomic E-state index is 12.9. The molecule has 0 saturated carbocycles. The third-order valence-corrected chi connectivity index (χ3v) is 5.08. The van der Waals surface area contributed by atoms with Crippen molar-refractivity contribution in [2.45, 2.75) is 13.8 Å². The van der Waals surface area contributed by atoms with E-state index in [-0.39, 0.29) is 11.3 Å². The van der Waals surface area contributed by atoms with Crippen molar-refractivity contribution in [3.63, 3.8) is 0 Å². The second-order valence-electron chi connectivity index (χ2n) is 6.38. The Balaban J connectivity index is 1.82. The van der Waals surface area contributed by atoms with Gasteiger partial charge in [-0.2, -0.15) is 5.10 Å². The fourth-order valence-electron chi connectivity index (χ4n) is 3.20. The van der Waals surface area contributed by atoms with Crippen LogP contribution in [-0.4, -0.2) is 24.7 Å². The van der Waals surface area contributed by atoms with Crippen molar-refractivity contribution in [2.75, 3.05) is 0 Å². The van der Waals surface area contributed by atoms with Gasteiger partial charge in [0.25, 0.3) is 0 Å². The molecule has 0 aliphatic carbocycles. The van der Waals surface area contributed by atoms with Crippen LogP contribution < -0.4 is 5.63 Å². The number of fused-ring (bicyclic) bond motifs is 3. The van der Waals surface area contributed by atoms with Gasteiger partial charge in [0, 0.05) is 19.2 Å². The summed E-state index contributed by atoms with van der Waals surface area (Å²) in [6.07, 6.45) is 1.59. The number of halogens is 2. The summed E-state index contributed by atoms with van der Waals surface area (Å²) in [5.74, 6) is 0.931. The number of pyridine rings is 1. The zero-order chi connectivity index (χ0) is 20.3. The van der Waals surface area contributed by atoms with Crippen LogP contribution in [0, 0.1) is 13.8 Å². The second kappa shape index (κ2) is 6.50. The molecule has 0 saturated heterocycles. The lowest BCUT2D eigenvalue weighted by Gasteiger charge is -2.08. The smallest absolute Gasteiger partial charge is 0.351 e. The molecule has 0 aliphatic heterocycles. The van der Waals surface area contributed by atoms with Crippen LogP contribution in [-0.2, 0) is 0 Å². The molecule has 10 heteroatoms. The van der Waals surface area contributed by atoms with Gasteiger partial charge in [-0.05, 0) is 46.6 Å². The minimum absolute atomic E-state index is 0.0844. The van der Waals surface area contributed by atoms with Crippen LogP contribution in [0.3, 0.4) is 0 Å². The zero-order valence-corrected chi connectivity index (χ0v) is 17.4. The van der Waals surface area contributed by atoms with Gasteiger partial charge in [-0.1, -0.05) is 11.6 Å². The molecule has 29 heavy (non-hydrogen) atoms. The highest BCUT2D eigenvalue weighted by molar-refractivity contribution is 9.10. The van der Waals surface area contributed by atoms with Gasteiger partial charge in [0.1, 0.15) is 21.2 Å². The standard InChI is InChI=1S/C19H11BrClN5O3/c1-8-6-11-16(28-9(2)23-11)14-15(8)24-18(29-19(14)27)12-7-13(20)25-26(12)17-10(21)4-3-5-22-17/h3-7H,1-2H3. The average molecular weight is 473 g/mol. The van der Waals surface area contributed by atoms with Crippen molar-refractivity contribution in [2.24, 2.45) is 0 Å². The van der Waals surface area contributed by atoms with E-state index in [4.69, 9.17) is 20.4 Å². The van der Waals surface area contributed by atoms with Crippen molar-refractivity contribution >= 4 is 49.5 Å². The molecule has 4 heterocycles. The molecule has 5 rings (SSSR count). The van der Waals surface area contributed by atoms with E-state index in [2.05, 4.69) is 36.0 Å². The summed E-state index contributed by atoms with van der Waals surface area (Å²) in [5.41, 5.74) is 2.03. The zero-order valence-electron chi connectivity index (χ0n) is 15.1. The molecular formula is C19H11BrClN5O3. The van der Waals surface area contributed by atoms with Crippen molar-refractivity contribution < 1.29 is 8.83 Å². The highest BCUT2D eigenvalue weighted by Crippen LogP contribution is 2.30. The first kappa shape index (κ1) is 18.0. The summed E-state index contributed by atoms with van der Waals surface area (Å²) in [7, 11) is 0. The van der Waals surface area contributed by atoms with Gasteiger partial charge in [-0.25, -0.2) is 24.4 Å². The highest BCUT2D eigenvalue weighted by Gasteiger charge is 2.21. The minimum Gasteiger partial charge on any atom is -0.440 e. The van der Waals surface area contributed by atoms with E-state index in [1.165, 1.54) is 4.68 Å². The Morgan fingerprint density at radius 1 is 1.17 bits per heavy atom. The first-order valence-electron chi connectivity index (χ1n) is 8.51. The molecule has 0 amide bonds. The normalized spacial score (nSPS) is 11.6. The first-order valence-corrected chi connectivity index (χ1v) is 9.68. The first-order chi connectivity index (χ1) is 13.9. The number of oxazole rings is 1. The lowest BCUT2D eigenvalue weighted by molar-refractivity contribution is 0.511. The van der Waals surface area contributed by atoms with Crippen LogP contribution in [0.4, 0.5) is 0 Å². The monoisotopic (exact) mass is 471 g/mol. The molecule has 0 spiro atoms. The van der Waals surface area contributed by atoms with Gasteiger partial charge in [-0.15, -0.1) is 0 Å². The van der Waals surface area contributed by atoms with E-state index in [1.54, 1.807) is 31.3 Å². The summed E-state index contributed by atoms with van der Waals surface area (Å²) < 4.78 is 13.1. The molecule has 144 valence electrons. The Bertz CT molecular complexity index is 1490. The van der Waals surface area contributed by atoms with Crippen molar-refractivity contribution in [3.8, 4) is 17.4 Å². The number of aromatic nitrogens is 5.